The standard InChI is InChI=1S/C6H3N3O7.ClH.2H3N/c10-6-4(8(13)14)1-3(7(11)12)2-5(6)9(15)16;;;/h1-2,10H;1H;2*1H3. The zero-order valence-electron chi connectivity index (χ0n) is 9.73. The summed E-state index contributed by atoms with van der Waals surface area (Å²) in [4.78, 5) is 27.5. The van der Waals surface area contributed by atoms with Crippen LogP contribution in [0.15, 0.2) is 12.1 Å². The molecule has 8 N–H and O–H groups in total. The lowest BCUT2D eigenvalue weighted by atomic mass is 10.2. The summed E-state index contributed by atoms with van der Waals surface area (Å²) in [6, 6.07) is 0.769. The smallest absolute Gasteiger partial charge is 0.283 e. The lowest BCUT2D eigenvalue weighted by Crippen LogP contribution is -3.00. The molecule has 0 saturated heterocycles. The van der Waals surface area contributed by atoms with Crippen molar-refractivity contribution >= 4 is 17.1 Å². The van der Waals surface area contributed by atoms with Crippen molar-refractivity contribution in [3.05, 3.63) is 42.5 Å². The fraction of sp³-hybridized carbons (Fsp3) is 0. The maximum atomic E-state index is 11.1. The van der Waals surface area contributed by atoms with E-state index in [0.717, 1.165) is 0 Å². The number of benzene rings is 1. The van der Waals surface area contributed by atoms with Crippen LogP contribution in [0.2, 0.25) is 0 Å². The molecule has 0 amide bonds. The van der Waals surface area contributed by atoms with Gasteiger partial charge in [-0.15, -0.1) is 0 Å². The Labute approximate surface area is 111 Å². The number of nitro groups is 3. The zero-order valence-corrected chi connectivity index (χ0v) is 10.5. The van der Waals surface area contributed by atoms with Crippen LogP contribution in [0.1, 0.15) is 0 Å². The van der Waals surface area contributed by atoms with E-state index in [1.807, 2.05) is 0 Å². The van der Waals surface area contributed by atoms with Gasteiger partial charge in [-0.1, -0.05) is 0 Å². The molecule has 0 radical (unpaired) electrons. The van der Waals surface area contributed by atoms with Crippen LogP contribution in [-0.2, 0) is 0 Å². The van der Waals surface area contributed by atoms with E-state index in [-0.39, 0.29) is 24.7 Å². The van der Waals surface area contributed by atoms with Gasteiger partial charge in [0.05, 0.1) is 32.7 Å². The molecule has 13 heteroatoms. The van der Waals surface area contributed by atoms with Gasteiger partial charge in [-0.3, -0.25) is 30.3 Å². The first-order valence-electron chi connectivity index (χ1n) is 3.63. The van der Waals surface area contributed by atoms with Crippen LogP contribution in [0.5, 0.6) is 5.75 Å². The number of halogens is 1. The predicted molar refractivity (Wildman–Crippen MR) is 57.8 cm³/mol. The molecule has 0 aliphatic heterocycles. The van der Waals surface area contributed by atoms with Crippen LogP contribution in [0.25, 0.3) is 0 Å². The van der Waals surface area contributed by atoms with Gasteiger partial charge in [0.15, 0.2) is 0 Å². The number of hydrogen-bond donors (Lipinski definition) is 2. The molecule has 19 heavy (non-hydrogen) atoms. The summed E-state index contributed by atoms with van der Waals surface area (Å²) in [6.45, 7) is 0. The van der Waals surface area contributed by atoms with Crippen LogP contribution >= 0.6 is 0 Å². The Morgan fingerprint density at radius 1 is 0.789 bits per heavy atom. The first kappa shape index (κ1) is 21.7. The van der Waals surface area contributed by atoms with Crippen LogP contribution in [0.3, 0.4) is 0 Å². The fourth-order valence-corrected chi connectivity index (χ4v) is 0.961. The molecule has 0 aliphatic rings. The number of non-ortho nitro benzene ring substituents is 1. The lowest BCUT2D eigenvalue weighted by Gasteiger charge is -2.06. The highest BCUT2D eigenvalue weighted by molar-refractivity contribution is 5.63. The van der Waals surface area contributed by atoms with Crippen LogP contribution in [0.4, 0.5) is 17.1 Å². The van der Waals surface area contributed by atoms with Crippen LogP contribution in [0, 0.1) is 30.3 Å². The highest BCUT2D eigenvalue weighted by Crippen LogP contribution is 2.36. The van der Waals surface area contributed by atoms with Crippen molar-refractivity contribution < 1.29 is 32.3 Å². The minimum Gasteiger partial charge on any atom is -1.00 e. The van der Waals surface area contributed by atoms with Crippen molar-refractivity contribution in [2.24, 2.45) is 0 Å². The molecular formula is C6H10ClN5O7. The molecule has 1 rings (SSSR count). The second-order valence-electron chi connectivity index (χ2n) is 2.58. The van der Waals surface area contributed by atoms with Gasteiger partial charge in [0.2, 0.25) is 0 Å². The molecule has 0 aliphatic carbocycles. The summed E-state index contributed by atoms with van der Waals surface area (Å²) >= 11 is 0. The highest BCUT2D eigenvalue weighted by atomic mass is 35.5. The zero-order chi connectivity index (χ0) is 12.5. The molecule has 1 aromatic rings. The molecule has 0 fully saturated rings. The van der Waals surface area contributed by atoms with Crippen molar-refractivity contribution in [2.75, 3.05) is 0 Å². The maximum Gasteiger partial charge on any atom is 0.283 e. The van der Waals surface area contributed by atoms with Gasteiger partial charge in [0.25, 0.3) is 17.1 Å². The molecule has 0 unspecified atom stereocenters. The molecule has 0 atom stereocenters. The lowest BCUT2D eigenvalue weighted by molar-refractivity contribution is -0.420. The summed E-state index contributed by atoms with van der Waals surface area (Å²) in [6.07, 6.45) is 0. The van der Waals surface area contributed by atoms with E-state index < -0.39 is 37.6 Å². The third kappa shape index (κ3) is 4.30. The van der Waals surface area contributed by atoms with Crippen LogP contribution in [-0.4, -0.2) is 14.8 Å². The van der Waals surface area contributed by atoms with Gasteiger partial charge in [0.1, 0.15) is 0 Å². The number of quaternary nitrogens is 2. The molecular weight excluding hydrogens is 290 g/mol. The molecule has 0 spiro atoms. The second kappa shape index (κ2) is 7.70. The van der Waals surface area contributed by atoms with Crippen molar-refractivity contribution in [1.29, 1.82) is 0 Å². The van der Waals surface area contributed by atoms with Gasteiger partial charge in [-0.05, 0) is 0 Å². The number of rotatable bonds is 3. The fourth-order valence-electron chi connectivity index (χ4n) is 0.961. The van der Waals surface area contributed by atoms with Gasteiger partial charge in [-0.2, -0.15) is 0 Å². The van der Waals surface area contributed by atoms with Gasteiger partial charge >= 0.3 is 0 Å². The first-order chi connectivity index (χ1) is 7.34. The molecule has 12 nitrogen and oxygen atoms in total. The Morgan fingerprint density at radius 2 is 1.11 bits per heavy atom. The molecule has 0 bridgehead atoms. The SMILES string of the molecule is O=[N+]([O-])c1cc([N+](=O)[O-])c([O-])c([N+](=O)[O-])c1.[Cl-].[NH4+].[NH4+]. The Balaban J connectivity index is -0.000000853. The number of hydrogen-bond acceptors (Lipinski definition) is 7. The quantitative estimate of drug-likeness (QED) is 0.482. The van der Waals surface area contributed by atoms with E-state index in [0.29, 0.717) is 12.1 Å². The number of nitrogens with zero attached hydrogens (tertiary/aromatic N) is 3. The number of nitro benzene ring substituents is 3. The topological polar surface area (TPSA) is 225 Å². The molecule has 0 aromatic heterocycles. The summed E-state index contributed by atoms with van der Waals surface area (Å²) in [5.41, 5.74) is -3.26. The third-order valence-corrected chi connectivity index (χ3v) is 1.64. The Morgan fingerprint density at radius 3 is 1.32 bits per heavy atom. The largest absolute Gasteiger partial charge is 1.00 e. The van der Waals surface area contributed by atoms with E-state index in [1.54, 1.807) is 0 Å². The van der Waals surface area contributed by atoms with Crippen LogP contribution < -0.4 is 29.8 Å². The van der Waals surface area contributed by atoms with Crippen molar-refractivity contribution in [3.8, 4) is 5.75 Å². The average Bonchev–Trinajstić information content (AvgIpc) is 2.16. The normalized spacial score (nSPS) is 8.21. The summed E-state index contributed by atoms with van der Waals surface area (Å²) in [5, 5.41) is 42.1. The van der Waals surface area contributed by atoms with E-state index >= 15 is 0 Å². The van der Waals surface area contributed by atoms with E-state index in [1.165, 1.54) is 0 Å². The maximum absolute atomic E-state index is 11.1. The summed E-state index contributed by atoms with van der Waals surface area (Å²) in [5.74, 6) is -1.46. The summed E-state index contributed by atoms with van der Waals surface area (Å²) in [7, 11) is 0. The van der Waals surface area contributed by atoms with Crippen molar-refractivity contribution in [2.45, 2.75) is 0 Å². The molecule has 0 heterocycles. The minimum atomic E-state index is -1.46. The van der Waals surface area contributed by atoms with Gasteiger partial charge in [0, 0.05) is 0 Å². The van der Waals surface area contributed by atoms with Crippen molar-refractivity contribution in [1.82, 2.24) is 12.3 Å². The predicted octanol–water partition coefficient (Wildman–Crippen LogP) is -1.76. The van der Waals surface area contributed by atoms with Gasteiger partial charge in [-0.25, -0.2) is 0 Å². The third-order valence-electron chi connectivity index (χ3n) is 1.64. The van der Waals surface area contributed by atoms with E-state index in [9.17, 15) is 35.4 Å². The second-order valence-corrected chi connectivity index (χ2v) is 2.58. The Bertz CT molecular complexity index is 472. The molecule has 1 aromatic carbocycles. The molecule has 0 saturated carbocycles. The Hall–Kier alpha value is -2.57. The highest BCUT2D eigenvalue weighted by Gasteiger charge is 2.24. The van der Waals surface area contributed by atoms with Crippen molar-refractivity contribution in [3.63, 3.8) is 0 Å². The minimum absolute atomic E-state index is 0. The molecule has 108 valence electrons. The van der Waals surface area contributed by atoms with Gasteiger partial charge < -0.3 is 29.8 Å². The van der Waals surface area contributed by atoms with E-state index in [2.05, 4.69) is 0 Å². The average molecular weight is 300 g/mol. The Kier molecular flexibility index (Phi) is 8.79. The summed E-state index contributed by atoms with van der Waals surface area (Å²) < 4.78 is 0. The monoisotopic (exact) mass is 299 g/mol. The first-order valence-corrected chi connectivity index (χ1v) is 3.63. The van der Waals surface area contributed by atoms with E-state index in [4.69, 9.17) is 0 Å².